The lowest BCUT2D eigenvalue weighted by atomic mass is 10.1. The van der Waals surface area contributed by atoms with E-state index < -0.39 is 18.7 Å². The second kappa shape index (κ2) is 7.69. The maximum absolute atomic E-state index is 12.5. The summed E-state index contributed by atoms with van der Waals surface area (Å²) in [5, 5.41) is 5.28. The molecule has 0 aliphatic heterocycles. The molecule has 2 aromatic carbocycles. The Hall–Kier alpha value is -3.03. The van der Waals surface area contributed by atoms with Crippen LogP contribution in [0.4, 0.5) is 24.5 Å². The second-order valence-corrected chi connectivity index (χ2v) is 6.20. The van der Waals surface area contributed by atoms with E-state index in [1.807, 2.05) is 0 Å². The highest BCUT2D eigenvalue weighted by atomic mass is 19.4. The molecule has 27 heavy (non-hydrogen) atoms. The zero-order valence-corrected chi connectivity index (χ0v) is 14.2. The summed E-state index contributed by atoms with van der Waals surface area (Å²) in [6.45, 7) is -1.46. The molecule has 1 fully saturated rings. The Balaban J connectivity index is 1.69. The Morgan fingerprint density at radius 2 is 1.78 bits per heavy atom. The van der Waals surface area contributed by atoms with Crippen LogP contribution < -0.4 is 15.4 Å². The molecule has 0 saturated heterocycles. The number of para-hydroxylation sites is 2. The third-order valence-electron chi connectivity index (χ3n) is 3.87. The van der Waals surface area contributed by atoms with Crippen LogP contribution in [0, 0.1) is 5.92 Å². The molecule has 3 rings (SSSR count). The largest absolute Gasteiger partial charge is 0.482 e. The molecule has 1 saturated carbocycles. The van der Waals surface area contributed by atoms with Gasteiger partial charge in [-0.2, -0.15) is 13.2 Å². The maximum Gasteiger partial charge on any atom is 0.422 e. The van der Waals surface area contributed by atoms with Crippen LogP contribution in [0.15, 0.2) is 48.5 Å². The summed E-state index contributed by atoms with van der Waals surface area (Å²) in [6.07, 6.45) is -2.76. The molecule has 8 heteroatoms. The van der Waals surface area contributed by atoms with Crippen LogP contribution in [0.5, 0.6) is 5.75 Å². The van der Waals surface area contributed by atoms with Gasteiger partial charge < -0.3 is 15.4 Å². The van der Waals surface area contributed by atoms with Crippen molar-refractivity contribution in [3.63, 3.8) is 0 Å². The monoisotopic (exact) mass is 378 g/mol. The molecule has 0 unspecified atom stereocenters. The van der Waals surface area contributed by atoms with Gasteiger partial charge in [0, 0.05) is 17.2 Å². The molecule has 0 spiro atoms. The van der Waals surface area contributed by atoms with Crippen LogP contribution in [0.3, 0.4) is 0 Å². The number of carbonyl (C=O) groups is 2. The first kappa shape index (κ1) is 18.8. The van der Waals surface area contributed by atoms with E-state index in [4.69, 9.17) is 4.74 Å². The topological polar surface area (TPSA) is 67.4 Å². The molecule has 2 N–H and O–H groups in total. The SMILES string of the molecule is O=C(Nc1ccccc1OCC(F)(F)F)c1cccc(NC(=O)C2CC2)c1. The van der Waals surface area contributed by atoms with Crippen LogP contribution in [0.2, 0.25) is 0 Å². The quantitative estimate of drug-likeness (QED) is 0.791. The van der Waals surface area contributed by atoms with Gasteiger partial charge in [0.15, 0.2) is 6.61 Å². The summed E-state index contributed by atoms with van der Waals surface area (Å²) in [5.41, 5.74) is 0.870. The van der Waals surface area contributed by atoms with Crippen molar-refractivity contribution in [2.75, 3.05) is 17.2 Å². The van der Waals surface area contributed by atoms with E-state index in [0.717, 1.165) is 12.8 Å². The molecule has 0 bridgehead atoms. The van der Waals surface area contributed by atoms with E-state index in [-0.39, 0.29) is 28.8 Å². The number of amides is 2. The van der Waals surface area contributed by atoms with Crippen molar-refractivity contribution in [1.82, 2.24) is 0 Å². The van der Waals surface area contributed by atoms with E-state index in [1.54, 1.807) is 24.3 Å². The normalized spacial score (nSPS) is 13.7. The molecular formula is C19H17F3N2O3. The average Bonchev–Trinajstić information content (AvgIpc) is 3.46. The van der Waals surface area contributed by atoms with Crippen molar-refractivity contribution in [2.24, 2.45) is 5.92 Å². The molecule has 1 aliphatic rings. The minimum absolute atomic E-state index is 0.0279. The Labute approximate surface area is 153 Å². The number of benzene rings is 2. The summed E-state index contributed by atoms with van der Waals surface area (Å²) in [5.74, 6) is -0.666. The third-order valence-corrected chi connectivity index (χ3v) is 3.87. The summed E-state index contributed by atoms with van der Waals surface area (Å²) in [4.78, 5) is 24.3. The van der Waals surface area contributed by atoms with Crippen molar-refractivity contribution in [3.05, 3.63) is 54.1 Å². The highest BCUT2D eigenvalue weighted by Crippen LogP contribution is 2.30. The number of nitrogens with one attached hydrogen (secondary N) is 2. The Morgan fingerprint density at radius 1 is 1.04 bits per heavy atom. The average molecular weight is 378 g/mol. The summed E-state index contributed by atoms with van der Waals surface area (Å²) in [7, 11) is 0. The Morgan fingerprint density at radius 3 is 2.48 bits per heavy atom. The zero-order valence-electron chi connectivity index (χ0n) is 14.2. The number of hydrogen-bond donors (Lipinski definition) is 2. The first-order chi connectivity index (χ1) is 12.8. The summed E-state index contributed by atoms with van der Waals surface area (Å²) >= 11 is 0. The van der Waals surface area contributed by atoms with Gasteiger partial charge in [0.1, 0.15) is 5.75 Å². The Kier molecular flexibility index (Phi) is 5.34. The number of rotatable bonds is 6. The van der Waals surface area contributed by atoms with Gasteiger partial charge in [-0.25, -0.2) is 0 Å². The van der Waals surface area contributed by atoms with E-state index in [0.29, 0.717) is 5.69 Å². The van der Waals surface area contributed by atoms with E-state index >= 15 is 0 Å². The molecule has 2 aromatic rings. The highest BCUT2D eigenvalue weighted by molar-refractivity contribution is 6.06. The molecule has 0 radical (unpaired) electrons. The van der Waals surface area contributed by atoms with Gasteiger partial charge in [0.25, 0.3) is 5.91 Å². The van der Waals surface area contributed by atoms with Crippen molar-refractivity contribution < 1.29 is 27.5 Å². The number of alkyl halides is 3. The van der Waals surface area contributed by atoms with Crippen LogP contribution in [0.1, 0.15) is 23.2 Å². The molecule has 0 atom stereocenters. The molecule has 142 valence electrons. The van der Waals surface area contributed by atoms with Gasteiger partial charge in [0.2, 0.25) is 5.91 Å². The number of carbonyl (C=O) groups excluding carboxylic acids is 2. The number of anilines is 2. The number of hydrogen-bond acceptors (Lipinski definition) is 3. The minimum Gasteiger partial charge on any atom is -0.482 e. The van der Waals surface area contributed by atoms with E-state index in [2.05, 4.69) is 10.6 Å². The number of ether oxygens (including phenoxy) is 1. The van der Waals surface area contributed by atoms with E-state index in [1.165, 1.54) is 24.3 Å². The molecule has 2 amide bonds. The van der Waals surface area contributed by atoms with Crippen LogP contribution in [0.25, 0.3) is 0 Å². The fraction of sp³-hybridized carbons (Fsp3) is 0.263. The lowest BCUT2D eigenvalue weighted by molar-refractivity contribution is -0.153. The van der Waals surface area contributed by atoms with Crippen LogP contribution in [-0.4, -0.2) is 24.6 Å². The van der Waals surface area contributed by atoms with Gasteiger partial charge in [-0.05, 0) is 43.2 Å². The lowest BCUT2D eigenvalue weighted by Gasteiger charge is -2.14. The third kappa shape index (κ3) is 5.47. The fourth-order valence-electron chi connectivity index (χ4n) is 2.38. The first-order valence-corrected chi connectivity index (χ1v) is 8.33. The predicted octanol–water partition coefficient (Wildman–Crippen LogP) is 4.23. The van der Waals surface area contributed by atoms with E-state index in [9.17, 15) is 22.8 Å². The smallest absolute Gasteiger partial charge is 0.422 e. The molecule has 0 aromatic heterocycles. The van der Waals surface area contributed by atoms with Crippen molar-refractivity contribution in [2.45, 2.75) is 19.0 Å². The zero-order chi connectivity index (χ0) is 19.4. The Bertz CT molecular complexity index is 848. The highest BCUT2D eigenvalue weighted by Gasteiger charge is 2.30. The van der Waals surface area contributed by atoms with Gasteiger partial charge in [-0.3, -0.25) is 9.59 Å². The first-order valence-electron chi connectivity index (χ1n) is 8.33. The minimum atomic E-state index is -4.48. The standard InChI is InChI=1S/C19H17F3N2O3/c20-19(21,22)11-27-16-7-2-1-6-15(16)24-18(26)13-4-3-5-14(10-13)23-17(25)12-8-9-12/h1-7,10,12H,8-9,11H2,(H,23,25)(H,24,26). The summed E-state index contributed by atoms with van der Waals surface area (Å²) in [6, 6.07) is 12.2. The van der Waals surface area contributed by atoms with Gasteiger partial charge in [0.05, 0.1) is 5.69 Å². The molecule has 0 heterocycles. The number of halogens is 3. The second-order valence-electron chi connectivity index (χ2n) is 6.20. The van der Waals surface area contributed by atoms with Crippen LogP contribution >= 0.6 is 0 Å². The van der Waals surface area contributed by atoms with Gasteiger partial charge in [-0.15, -0.1) is 0 Å². The maximum atomic E-state index is 12.5. The van der Waals surface area contributed by atoms with Gasteiger partial charge in [-0.1, -0.05) is 18.2 Å². The molecular weight excluding hydrogens is 361 g/mol. The van der Waals surface area contributed by atoms with Crippen LogP contribution in [-0.2, 0) is 4.79 Å². The van der Waals surface area contributed by atoms with Gasteiger partial charge >= 0.3 is 6.18 Å². The summed E-state index contributed by atoms with van der Waals surface area (Å²) < 4.78 is 41.8. The fourth-order valence-corrected chi connectivity index (χ4v) is 2.38. The molecule has 1 aliphatic carbocycles. The van der Waals surface area contributed by atoms with Crippen molar-refractivity contribution >= 4 is 23.2 Å². The lowest BCUT2D eigenvalue weighted by Crippen LogP contribution is -2.20. The predicted molar refractivity (Wildman–Crippen MR) is 93.7 cm³/mol. The molecule has 5 nitrogen and oxygen atoms in total. The van der Waals surface area contributed by atoms with Crippen molar-refractivity contribution in [1.29, 1.82) is 0 Å². The van der Waals surface area contributed by atoms with Crippen molar-refractivity contribution in [3.8, 4) is 5.75 Å².